The zero-order valence-electron chi connectivity index (χ0n) is 16.4. The van der Waals surface area contributed by atoms with Crippen molar-refractivity contribution in [1.82, 2.24) is 9.88 Å². The number of halogens is 4. The van der Waals surface area contributed by atoms with Crippen LogP contribution in [-0.2, 0) is 12.7 Å². The molecule has 2 heterocycles. The molecular formula is C21H16ClF3N4O2S. The molecule has 1 aliphatic rings. The minimum Gasteiger partial charge on any atom is -0.507 e. The van der Waals surface area contributed by atoms with E-state index in [-0.39, 0.29) is 32.1 Å². The number of likely N-dealkylation sites (tertiary alicyclic amines) is 1. The number of aromatic nitrogens is 1. The van der Waals surface area contributed by atoms with Crippen LogP contribution in [0.1, 0.15) is 27.9 Å². The molecule has 32 heavy (non-hydrogen) atoms. The molecule has 11 heteroatoms. The van der Waals surface area contributed by atoms with Crippen molar-refractivity contribution in [3.05, 3.63) is 52.0 Å². The standard InChI is InChI=1S/C21H16ClF3N4O2S/c22-14-5-12(10-29-4-3-11(8-26)9-29)18(30)15(7-14)19(31)28-20-27-16-2-1-13(21(23,24)25)6-17(16)32-20/h1-2,5-7,11,30H,3-4,9-10H2,(H,27,28,31). The van der Waals surface area contributed by atoms with Gasteiger partial charge in [-0.1, -0.05) is 22.9 Å². The van der Waals surface area contributed by atoms with Crippen molar-refractivity contribution in [2.45, 2.75) is 19.1 Å². The van der Waals surface area contributed by atoms with E-state index in [1.807, 2.05) is 4.90 Å². The van der Waals surface area contributed by atoms with Gasteiger partial charge in [-0.05, 0) is 43.3 Å². The van der Waals surface area contributed by atoms with E-state index >= 15 is 0 Å². The third-order valence-corrected chi connectivity index (χ3v) is 6.34. The number of phenols is 1. The lowest BCUT2D eigenvalue weighted by Crippen LogP contribution is -2.20. The van der Waals surface area contributed by atoms with E-state index < -0.39 is 17.6 Å². The summed E-state index contributed by atoms with van der Waals surface area (Å²) in [6.45, 7) is 1.58. The molecule has 1 saturated heterocycles. The Labute approximate surface area is 189 Å². The Morgan fingerprint density at radius 3 is 2.84 bits per heavy atom. The first kappa shape index (κ1) is 22.3. The Morgan fingerprint density at radius 2 is 2.16 bits per heavy atom. The molecule has 0 saturated carbocycles. The van der Waals surface area contributed by atoms with Crippen molar-refractivity contribution in [3.63, 3.8) is 0 Å². The van der Waals surface area contributed by atoms with Gasteiger partial charge in [0.1, 0.15) is 5.75 Å². The van der Waals surface area contributed by atoms with Gasteiger partial charge in [-0.3, -0.25) is 15.0 Å². The number of hydrogen-bond acceptors (Lipinski definition) is 6. The molecule has 3 aromatic rings. The second kappa shape index (κ2) is 8.58. The molecule has 1 fully saturated rings. The van der Waals surface area contributed by atoms with E-state index in [0.717, 1.165) is 29.9 Å². The van der Waals surface area contributed by atoms with Crippen LogP contribution in [0.5, 0.6) is 5.75 Å². The number of aromatic hydroxyl groups is 1. The van der Waals surface area contributed by atoms with Gasteiger partial charge in [-0.15, -0.1) is 0 Å². The molecule has 1 atom stereocenters. The highest BCUT2D eigenvalue weighted by Gasteiger charge is 2.31. The second-order valence-corrected chi connectivity index (χ2v) is 8.93. The maximum atomic E-state index is 12.9. The van der Waals surface area contributed by atoms with Gasteiger partial charge >= 0.3 is 6.18 Å². The van der Waals surface area contributed by atoms with Crippen LogP contribution < -0.4 is 5.32 Å². The number of amides is 1. The van der Waals surface area contributed by atoms with Gasteiger partial charge in [0.15, 0.2) is 5.13 Å². The average Bonchev–Trinajstić information content (AvgIpc) is 3.35. The first-order chi connectivity index (χ1) is 15.1. The first-order valence-electron chi connectivity index (χ1n) is 9.56. The number of fused-ring (bicyclic) bond motifs is 1. The number of nitrogens with one attached hydrogen (secondary N) is 1. The Balaban J connectivity index is 1.55. The molecule has 166 valence electrons. The Bertz CT molecular complexity index is 1240. The minimum atomic E-state index is -4.48. The maximum absolute atomic E-state index is 12.9. The third-order valence-electron chi connectivity index (χ3n) is 5.18. The summed E-state index contributed by atoms with van der Waals surface area (Å²) in [4.78, 5) is 18.9. The molecule has 6 nitrogen and oxygen atoms in total. The van der Waals surface area contributed by atoms with Crippen molar-refractivity contribution < 1.29 is 23.1 Å². The van der Waals surface area contributed by atoms with Crippen LogP contribution in [0.4, 0.5) is 18.3 Å². The number of phenolic OH excluding ortho intramolecular Hbond substituents is 1. The van der Waals surface area contributed by atoms with Crippen molar-refractivity contribution in [3.8, 4) is 11.8 Å². The molecule has 0 spiro atoms. The fourth-order valence-electron chi connectivity index (χ4n) is 3.59. The SMILES string of the molecule is N#CC1CCN(Cc2cc(Cl)cc(C(=O)Nc3nc4ccc(C(F)(F)F)cc4s3)c2O)C1. The first-order valence-corrected chi connectivity index (χ1v) is 10.8. The Kier molecular flexibility index (Phi) is 5.99. The average molecular weight is 481 g/mol. The van der Waals surface area contributed by atoms with E-state index in [1.165, 1.54) is 12.1 Å². The van der Waals surface area contributed by atoms with Gasteiger partial charge < -0.3 is 5.11 Å². The van der Waals surface area contributed by atoms with Crippen LogP contribution in [0.15, 0.2) is 30.3 Å². The number of nitrogens with zero attached hydrogens (tertiary/aromatic N) is 3. The second-order valence-electron chi connectivity index (χ2n) is 7.46. The Hall–Kier alpha value is -2.87. The number of thiazole rings is 1. The number of alkyl halides is 3. The molecule has 1 aromatic heterocycles. The summed E-state index contributed by atoms with van der Waals surface area (Å²) in [5.41, 5.74) is -0.112. The number of benzene rings is 2. The number of carbonyl (C=O) groups excluding carboxylic acids is 1. The number of hydrogen-bond donors (Lipinski definition) is 2. The number of nitriles is 1. The molecule has 0 radical (unpaired) electrons. The van der Waals surface area contributed by atoms with Gasteiger partial charge in [0.05, 0.1) is 33.3 Å². The van der Waals surface area contributed by atoms with E-state index in [1.54, 1.807) is 6.07 Å². The molecular weight excluding hydrogens is 465 g/mol. The predicted molar refractivity (Wildman–Crippen MR) is 115 cm³/mol. The van der Waals surface area contributed by atoms with Crippen LogP contribution in [-0.4, -0.2) is 34.0 Å². The van der Waals surface area contributed by atoms with Crippen LogP contribution in [0.2, 0.25) is 5.02 Å². The lowest BCUT2D eigenvalue weighted by atomic mass is 10.1. The Morgan fingerprint density at radius 1 is 1.38 bits per heavy atom. The van der Waals surface area contributed by atoms with Gasteiger partial charge in [0.2, 0.25) is 0 Å². The molecule has 2 aromatic carbocycles. The number of rotatable bonds is 4. The van der Waals surface area contributed by atoms with Crippen LogP contribution in [0.3, 0.4) is 0 Å². The van der Waals surface area contributed by atoms with Gasteiger partial charge in [0, 0.05) is 23.7 Å². The summed E-state index contributed by atoms with van der Waals surface area (Å²) < 4.78 is 39.0. The molecule has 0 bridgehead atoms. The minimum absolute atomic E-state index is 0.0706. The highest BCUT2D eigenvalue weighted by molar-refractivity contribution is 7.22. The fourth-order valence-corrected chi connectivity index (χ4v) is 4.73. The van der Waals surface area contributed by atoms with Gasteiger partial charge in [-0.2, -0.15) is 18.4 Å². The molecule has 2 N–H and O–H groups in total. The van der Waals surface area contributed by atoms with E-state index in [4.69, 9.17) is 16.9 Å². The van der Waals surface area contributed by atoms with Crippen molar-refractivity contribution in [2.75, 3.05) is 18.4 Å². The van der Waals surface area contributed by atoms with Crippen molar-refractivity contribution in [1.29, 1.82) is 5.26 Å². The van der Waals surface area contributed by atoms with E-state index in [2.05, 4.69) is 16.4 Å². The third kappa shape index (κ3) is 4.65. The molecule has 4 rings (SSSR count). The summed E-state index contributed by atoms with van der Waals surface area (Å²) in [6.07, 6.45) is -3.74. The molecule has 1 unspecified atom stereocenters. The quantitative estimate of drug-likeness (QED) is 0.531. The monoisotopic (exact) mass is 480 g/mol. The molecule has 1 amide bonds. The van der Waals surface area contributed by atoms with E-state index in [9.17, 15) is 23.1 Å². The van der Waals surface area contributed by atoms with Gasteiger partial charge in [-0.25, -0.2) is 4.98 Å². The smallest absolute Gasteiger partial charge is 0.416 e. The van der Waals surface area contributed by atoms with E-state index in [0.29, 0.717) is 30.7 Å². The summed E-state index contributed by atoms with van der Waals surface area (Å²) >= 11 is 7.05. The molecule has 1 aliphatic heterocycles. The van der Waals surface area contributed by atoms with Crippen LogP contribution in [0.25, 0.3) is 10.2 Å². The van der Waals surface area contributed by atoms with Gasteiger partial charge in [0.25, 0.3) is 5.91 Å². The van der Waals surface area contributed by atoms with Crippen molar-refractivity contribution >= 4 is 44.2 Å². The summed E-state index contributed by atoms with van der Waals surface area (Å²) in [5, 5.41) is 22.6. The van der Waals surface area contributed by atoms with Crippen LogP contribution in [0, 0.1) is 17.2 Å². The molecule has 0 aliphatic carbocycles. The highest BCUT2D eigenvalue weighted by Crippen LogP contribution is 2.35. The largest absolute Gasteiger partial charge is 0.507 e. The summed E-state index contributed by atoms with van der Waals surface area (Å²) in [7, 11) is 0. The summed E-state index contributed by atoms with van der Waals surface area (Å²) in [6, 6.07) is 8.24. The number of anilines is 1. The zero-order chi connectivity index (χ0) is 23.0. The summed E-state index contributed by atoms with van der Waals surface area (Å²) in [5.74, 6) is -0.999. The zero-order valence-corrected chi connectivity index (χ0v) is 18.0. The predicted octanol–water partition coefficient (Wildman–Crippen LogP) is 5.27. The lowest BCUT2D eigenvalue weighted by Gasteiger charge is -2.17. The van der Waals surface area contributed by atoms with Crippen LogP contribution >= 0.6 is 22.9 Å². The topological polar surface area (TPSA) is 89.3 Å². The van der Waals surface area contributed by atoms with Crippen molar-refractivity contribution in [2.24, 2.45) is 5.92 Å². The number of carbonyl (C=O) groups is 1. The normalized spacial score (nSPS) is 16.9. The maximum Gasteiger partial charge on any atom is 0.416 e. The lowest BCUT2D eigenvalue weighted by molar-refractivity contribution is -0.137. The fraction of sp³-hybridized carbons (Fsp3) is 0.286. The highest BCUT2D eigenvalue weighted by atomic mass is 35.5.